The van der Waals surface area contributed by atoms with Crippen molar-refractivity contribution < 1.29 is 9.53 Å². The van der Waals surface area contributed by atoms with Crippen LogP contribution >= 0.6 is 23.4 Å². The lowest BCUT2D eigenvalue weighted by Gasteiger charge is -2.11. The van der Waals surface area contributed by atoms with Gasteiger partial charge in [-0.2, -0.15) is 5.10 Å². The molecule has 0 saturated carbocycles. The third-order valence-corrected chi connectivity index (χ3v) is 5.28. The normalized spacial score (nSPS) is 10.7. The molecule has 0 unspecified atom stereocenters. The number of rotatable bonds is 7. The Hall–Kier alpha value is -3.37. The summed E-state index contributed by atoms with van der Waals surface area (Å²) in [4.78, 5) is 16.5. The van der Waals surface area contributed by atoms with E-state index >= 15 is 0 Å². The molecule has 0 aliphatic rings. The zero-order chi connectivity index (χ0) is 20.9. The Balaban J connectivity index is 1.46. The van der Waals surface area contributed by atoms with Gasteiger partial charge in [-0.3, -0.25) is 9.36 Å². The Morgan fingerprint density at radius 2 is 2.03 bits per heavy atom. The zero-order valence-electron chi connectivity index (χ0n) is 15.8. The van der Waals surface area contributed by atoms with Crippen LogP contribution in [-0.4, -0.2) is 48.3 Å². The summed E-state index contributed by atoms with van der Waals surface area (Å²) in [5.74, 6) is 0.677. The number of thioether (sulfide) groups is 1. The number of benzene rings is 2. The van der Waals surface area contributed by atoms with Crippen LogP contribution < -0.4 is 10.1 Å². The minimum absolute atomic E-state index is 0.137. The molecule has 0 fully saturated rings. The fraction of sp³-hybridized carbons (Fsp3) is 0.105. The summed E-state index contributed by atoms with van der Waals surface area (Å²) in [6.45, 7) is 0. The molecular weight excluding hydrogens is 426 g/mol. The third-order valence-electron chi connectivity index (χ3n) is 4.10. The van der Waals surface area contributed by atoms with Gasteiger partial charge in [-0.05, 0) is 42.5 Å². The number of carbonyl (C=O) groups is 1. The van der Waals surface area contributed by atoms with Gasteiger partial charge in [0, 0.05) is 10.7 Å². The fourth-order valence-corrected chi connectivity index (χ4v) is 3.60. The van der Waals surface area contributed by atoms with Gasteiger partial charge in [0.25, 0.3) is 0 Å². The zero-order valence-corrected chi connectivity index (χ0v) is 17.3. The highest BCUT2D eigenvalue weighted by molar-refractivity contribution is 7.99. The molecule has 0 saturated heterocycles. The molecule has 30 heavy (non-hydrogen) atoms. The van der Waals surface area contributed by atoms with Crippen molar-refractivity contribution in [3.05, 3.63) is 66.5 Å². The molecule has 0 aliphatic heterocycles. The van der Waals surface area contributed by atoms with Crippen LogP contribution in [0.3, 0.4) is 0 Å². The number of hydrogen-bond acceptors (Lipinski definition) is 7. The topological polar surface area (TPSA) is 99.8 Å². The lowest BCUT2D eigenvalue weighted by molar-refractivity contribution is -0.113. The molecule has 9 nitrogen and oxygen atoms in total. The largest absolute Gasteiger partial charge is 0.497 e. The number of nitrogens with zero attached hydrogens (tertiary/aromatic N) is 6. The number of hydrogen-bond donors (Lipinski definition) is 1. The van der Waals surface area contributed by atoms with Crippen LogP contribution in [0.15, 0.2) is 66.6 Å². The number of ether oxygens (including phenoxy) is 1. The molecule has 1 amide bonds. The van der Waals surface area contributed by atoms with E-state index in [4.69, 9.17) is 16.3 Å². The number of anilines is 1. The number of nitrogens with one attached hydrogen (secondary N) is 1. The number of carbonyl (C=O) groups excluding carboxylic acids is 1. The van der Waals surface area contributed by atoms with E-state index in [2.05, 4.69) is 25.6 Å². The highest BCUT2D eigenvalue weighted by Gasteiger charge is 2.13. The molecule has 2 aromatic carbocycles. The van der Waals surface area contributed by atoms with Gasteiger partial charge < -0.3 is 10.1 Å². The second kappa shape index (κ2) is 8.97. The van der Waals surface area contributed by atoms with Gasteiger partial charge in [0.05, 0.1) is 24.2 Å². The lowest BCUT2D eigenvalue weighted by atomic mass is 10.2. The van der Waals surface area contributed by atoms with Gasteiger partial charge >= 0.3 is 0 Å². The molecule has 152 valence electrons. The first-order valence-corrected chi connectivity index (χ1v) is 10.1. The van der Waals surface area contributed by atoms with E-state index in [0.29, 0.717) is 21.6 Å². The SMILES string of the molecule is COc1ccc(-n2cnnc2SCC(=O)Nc2cc(Cl)ccc2-n2cncn2)cc1. The molecule has 4 rings (SSSR count). The summed E-state index contributed by atoms with van der Waals surface area (Å²) in [6, 6.07) is 12.6. The lowest BCUT2D eigenvalue weighted by Crippen LogP contribution is -2.16. The summed E-state index contributed by atoms with van der Waals surface area (Å²) >= 11 is 7.37. The van der Waals surface area contributed by atoms with Crippen molar-refractivity contribution in [3.63, 3.8) is 0 Å². The predicted octanol–water partition coefficient (Wildman–Crippen LogP) is 3.24. The molecule has 2 aromatic heterocycles. The molecule has 0 radical (unpaired) electrons. The molecule has 1 N–H and O–H groups in total. The Labute approximate surface area is 181 Å². The smallest absolute Gasteiger partial charge is 0.234 e. The summed E-state index contributed by atoms with van der Waals surface area (Å²) < 4.78 is 8.54. The first-order chi connectivity index (χ1) is 14.6. The van der Waals surface area contributed by atoms with Gasteiger partial charge in [-0.15, -0.1) is 10.2 Å². The van der Waals surface area contributed by atoms with Crippen LogP contribution in [0.2, 0.25) is 5.02 Å². The first kappa shape index (κ1) is 19.9. The standard InChI is InChI=1S/C19H16ClN7O2S/c1-29-15-5-3-14(4-6-15)26-12-22-25-19(26)30-9-18(28)24-16-8-13(20)2-7-17(16)27-11-21-10-23-27/h2-8,10-12H,9H2,1H3,(H,24,28). The van der Waals surface area contributed by atoms with Crippen molar-refractivity contribution in [2.75, 3.05) is 18.2 Å². The maximum atomic E-state index is 12.6. The predicted molar refractivity (Wildman–Crippen MR) is 114 cm³/mol. The van der Waals surface area contributed by atoms with Crippen LogP contribution in [0.1, 0.15) is 0 Å². The van der Waals surface area contributed by atoms with E-state index in [-0.39, 0.29) is 11.7 Å². The number of aromatic nitrogens is 6. The van der Waals surface area contributed by atoms with Crippen molar-refractivity contribution in [2.45, 2.75) is 5.16 Å². The second-order valence-electron chi connectivity index (χ2n) is 6.02. The molecular formula is C19H16ClN7O2S. The summed E-state index contributed by atoms with van der Waals surface area (Å²) in [6.07, 6.45) is 4.56. The van der Waals surface area contributed by atoms with E-state index < -0.39 is 0 Å². The van der Waals surface area contributed by atoms with Crippen molar-refractivity contribution >= 4 is 35.0 Å². The van der Waals surface area contributed by atoms with Crippen LogP contribution in [0, 0.1) is 0 Å². The molecule has 2 heterocycles. The number of methoxy groups -OCH3 is 1. The Bertz CT molecular complexity index is 1150. The summed E-state index contributed by atoms with van der Waals surface area (Å²) in [5.41, 5.74) is 2.07. The Morgan fingerprint density at radius 1 is 1.20 bits per heavy atom. The Morgan fingerprint density at radius 3 is 2.77 bits per heavy atom. The molecule has 0 bridgehead atoms. The average molecular weight is 442 g/mol. The van der Waals surface area contributed by atoms with Gasteiger partial charge in [-0.25, -0.2) is 9.67 Å². The van der Waals surface area contributed by atoms with Crippen LogP contribution in [0.5, 0.6) is 5.75 Å². The minimum atomic E-state index is -0.215. The summed E-state index contributed by atoms with van der Waals surface area (Å²) in [5, 5.41) is 16.1. The van der Waals surface area contributed by atoms with E-state index in [0.717, 1.165) is 11.4 Å². The highest BCUT2D eigenvalue weighted by atomic mass is 35.5. The fourth-order valence-electron chi connectivity index (χ4n) is 2.70. The van der Waals surface area contributed by atoms with Crippen molar-refractivity contribution in [3.8, 4) is 17.1 Å². The quantitative estimate of drug-likeness (QED) is 0.439. The molecule has 0 atom stereocenters. The van der Waals surface area contributed by atoms with Gasteiger partial charge in [0.15, 0.2) is 5.16 Å². The van der Waals surface area contributed by atoms with Crippen molar-refractivity contribution in [1.29, 1.82) is 0 Å². The number of halogens is 1. The van der Waals surface area contributed by atoms with E-state index in [1.54, 1.807) is 47.2 Å². The monoisotopic (exact) mass is 441 g/mol. The van der Waals surface area contributed by atoms with E-state index in [1.165, 1.54) is 18.1 Å². The summed E-state index contributed by atoms with van der Waals surface area (Å²) in [7, 11) is 1.61. The molecule has 0 spiro atoms. The van der Waals surface area contributed by atoms with Crippen molar-refractivity contribution in [1.82, 2.24) is 29.5 Å². The minimum Gasteiger partial charge on any atom is -0.497 e. The first-order valence-electron chi connectivity index (χ1n) is 8.75. The van der Waals surface area contributed by atoms with E-state index in [9.17, 15) is 4.79 Å². The molecule has 0 aliphatic carbocycles. The van der Waals surface area contributed by atoms with Crippen molar-refractivity contribution in [2.24, 2.45) is 0 Å². The van der Waals surface area contributed by atoms with Crippen LogP contribution in [0.4, 0.5) is 5.69 Å². The van der Waals surface area contributed by atoms with Gasteiger partial charge in [0.2, 0.25) is 5.91 Å². The third kappa shape index (κ3) is 4.44. The highest BCUT2D eigenvalue weighted by Crippen LogP contribution is 2.25. The number of amides is 1. The maximum Gasteiger partial charge on any atom is 0.234 e. The van der Waals surface area contributed by atoms with Crippen LogP contribution in [-0.2, 0) is 4.79 Å². The average Bonchev–Trinajstić information content (AvgIpc) is 3.45. The van der Waals surface area contributed by atoms with E-state index in [1.807, 2.05) is 24.3 Å². The van der Waals surface area contributed by atoms with Gasteiger partial charge in [-0.1, -0.05) is 23.4 Å². The molecule has 11 heteroatoms. The van der Waals surface area contributed by atoms with Crippen LogP contribution in [0.25, 0.3) is 11.4 Å². The molecule has 4 aromatic rings. The second-order valence-corrected chi connectivity index (χ2v) is 7.40. The maximum absolute atomic E-state index is 12.6. The van der Waals surface area contributed by atoms with Gasteiger partial charge in [0.1, 0.15) is 24.7 Å². The Kier molecular flexibility index (Phi) is 5.96.